The SMILES string of the molecule is C=Cc1cccc2c(C[C@H](NC(=O)OC(C)(C)C)C(=O)OC)c[nH]c12.C=Cc1cccc2c(C[C@H](NC(=O)OC(C)(C)C)C(=O)OC)c[nH]c12.CC(=O)OCC1c2ccccc2-c2ccccc21.CCc1cccc2c(C[C@H](C)C(=O)O)c[nH]c12.CCc1cccc2c(C[C@H](N)C(=O)O)c[nH]c12.COC(=O)[C@H](Cc1c[nH]c2c(Br)cccc12)NC(=O)OC(C)(C)C.FB(F)F.S.S.S.S.S.[CH-]=C.[K+]. The monoisotopic (exact) mass is 2090 g/mol. The van der Waals surface area contributed by atoms with Crippen LogP contribution in [-0.4, -0.2) is 166 Å². The van der Waals surface area contributed by atoms with E-state index in [4.69, 9.17) is 49.1 Å². The predicted molar refractivity (Wildman–Crippen MR) is 566 cm³/mol. The minimum Gasteiger partial charge on any atom is -0.521 e. The average molecular weight is 2090 g/mol. The van der Waals surface area contributed by atoms with Crippen LogP contribution in [0.2, 0.25) is 0 Å². The fraction of sp³-hybridized carbons (Fsp3) is 0.330. The van der Waals surface area contributed by atoms with Gasteiger partial charge in [0.15, 0.2) is 0 Å². The summed E-state index contributed by atoms with van der Waals surface area (Å²) >= 11 is 3.48. The summed E-state index contributed by atoms with van der Waals surface area (Å²) in [6.45, 7) is 38.3. The molecule has 1 aliphatic rings. The molecule has 5 aromatic heterocycles. The molecule has 5 heterocycles. The van der Waals surface area contributed by atoms with Gasteiger partial charge in [-0.15, -0.1) is 0 Å². The number of H-pyrrole nitrogens is 5. The number of aryl methyl sites for hydroxylation is 2. The maximum Gasteiger partial charge on any atom is 1.00 e. The molecule has 744 valence electrons. The Balaban J connectivity index is 0.00000161. The molecule has 0 saturated heterocycles. The molecule has 12 aromatic rings. The van der Waals surface area contributed by atoms with Crippen LogP contribution in [0.1, 0.15) is 157 Å². The number of fused-ring (bicyclic) bond motifs is 8. The van der Waals surface area contributed by atoms with Crippen LogP contribution >= 0.6 is 83.4 Å². The number of carbonyl (C=O) groups excluding carboxylic acids is 7. The summed E-state index contributed by atoms with van der Waals surface area (Å²) in [6.07, 6.45) is 14.5. The number of alkyl carbamates (subject to hydrolysis) is 3. The quantitative estimate of drug-likeness (QED) is 0.0116. The van der Waals surface area contributed by atoms with Gasteiger partial charge in [-0.3, -0.25) is 33.9 Å². The van der Waals surface area contributed by atoms with Gasteiger partial charge in [0.1, 0.15) is 47.6 Å². The summed E-state index contributed by atoms with van der Waals surface area (Å²) in [5, 5.41) is 30.7. The van der Waals surface area contributed by atoms with Crippen molar-refractivity contribution in [3.63, 3.8) is 0 Å². The summed E-state index contributed by atoms with van der Waals surface area (Å²) in [6, 6.07) is 43.0. The largest absolute Gasteiger partial charge is 1.00 e. The molecule has 0 radical (unpaired) electrons. The van der Waals surface area contributed by atoms with E-state index in [1.165, 1.54) is 61.6 Å². The summed E-state index contributed by atoms with van der Waals surface area (Å²) in [4.78, 5) is 121. The van der Waals surface area contributed by atoms with Crippen molar-refractivity contribution in [1.29, 1.82) is 0 Å². The maximum atomic E-state index is 12.1. The topological polar surface area (TPSA) is 400 Å². The fourth-order valence-electron chi connectivity index (χ4n) is 14.4. The molecular weight excluding hydrogens is 1960 g/mol. The number of methoxy groups -OCH3 is 3. The van der Waals surface area contributed by atoms with E-state index >= 15 is 0 Å². The molecule has 0 bridgehead atoms. The maximum absolute atomic E-state index is 12.1. The van der Waals surface area contributed by atoms with Crippen LogP contribution in [0.15, 0.2) is 195 Å². The van der Waals surface area contributed by atoms with Gasteiger partial charge in [0, 0.05) is 112 Å². The number of rotatable bonds is 24. The number of para-hydroxylation sites is 5. The van der Waals surface area contributed by atoms with Crippen LogP contribution in [0.25, 0.3) is 77.8 Å². The summed E-state index contributed by atoms with van der Waals surface area (Å²) in [7, 11) is 0.201. The number of nitrogens with one attached hydrogen (secondary N) is 8. The van der Waals surface area contributed by atoms with E-state index in [2.05, 4.69) is 139 Å². The van der Waals surface area contributed by atoms with Crippen LogP contribution in [0.5, 0.6) is 0 Å². The van der Waals surface area contributed by atoms with E-state index in [-0.39, 0.29) is 150 Å². The van der Waals surface area contributed by atoms with Crippen LogP contribution in [-0.2, 0) is 107 Å². The molecule has 0 spiro atoms. The first kappa shape index (κ1) is 128. The number of carboxylic acids is 2. The minimum atomic E-state index is -3.67. The fourth-order valence-corrected chi connectivity index (χ4v) is 14.8. The second kappa shape index (κ2) is 61.4. The number of amides is 3. The second-order valence-corrected chi connectivity index (χ2v) is 34.1. The molecule has 0 aliphatic heterocycles. The van der Waals surface area contributed by atoms with Crippen LogP contribution < -0.4 is 73.1 Å². The summed E-state index contributed by atoms with van der Waals surface area (Å²) in [5.74, 6) is -3.69. The zero-order valence-corrected chi connectivity index (χ0v) is 90.4. The number of halogens is 4. The van der Waals surface area contributed by atoms with Gasteiger partial charge in [-0.2, -0.15) is 67.5 Å². The molecule has 0 fully saturated rings. The molecule has 0 unspecified atom stereocenters. The third-order valence-corrected chi connectivity index (χ3v) is 21.0. The Morgan fingerprint density at radius 3 is 1.05 bits per heavy atom. The minimum absolute atomic E-state index is 0. The Labute approximate surface area is 890 Å². The molecule has 138 heavy (non-hydrogen) atoms. The zero-order chi connectivity index (χ0) is 98.1. The van der Waals surface area contributed by atoms with E-state index in [0.717, 1.165) is 111 Å². The second-order valence-electron chi connectivity index (χ2n) is 33.2. The number of aliphatic carboxylic acids is 2. The van der Waals surface area contributed by atoms with Crippen molar-refractivity contribution in [1.82, 2.24) is 40.9 Å². The van der Waals surface area contributed by atoms with E-state index in [0.29, 0.717) is 25.9 Å². The average Bonchev–Trinajstić information content (AvgIpc) is 1.62. The first-order valence-corrected chi connectivity index (χ1v) is 43.2. The van der Waals surface area contributed by atoms with Crippen molar-refractivity contribution in [2.75, 3.05) is 27.9 Å². The van der Waals surface area contributed by atoms with E-state index in [1.807, 2.05) is 128 Å². The molecule has 7 aromatic carbocycles. The van der Waals surface area contributed by atoms with Gasteiger partial charge in [-0.1, -0.05) is 180 Å². The van der Waals surface area contributed by atoms with E-state index in [1.54, 1.807) is 81.4 Å². The van der Waals surface area contributed by atoms with Crippen molar-refractivity contribution in [3.8, 4) is 11.1 Å². The van der Waals surface area contributed by atoms with Gasteiger partial charge in [0.2, 0.25) is 0 Å². The number of carboxylic acid groups (broad SMARTS) is 2. The number of benzene rings is 7. The first-order valence-electron chi connectivity index (χ1n) is 42.4. The van der Waals surface area contributed by atoms with Gasteiger partial charge in [-0.05, 0) is 176 Å². The number of hydrogen-bond donors (Lipinski definition) is 11. The molecular formula is C100H129BBrF3KN9O18S5. The molecule has 12 N–H and O–H groups in total. The van der Waals surface area contributed by atoms with Gasteiger partial charge < -0.3 is 96.6 Å². The number of ether oxygens (including phenoxy) is 7. The number of aromatic nitrogens is 5. The van der Waals surface area contributed by atoms with Crippen molar-refractivity contribution in [3.05, 3.63) is 262 Å². The molecule has 38 heteroatoms. The van der Waals surface area contributed by atoms with Gasteiger partial charge >= 0.3 is 113 Å². The van der Waals surface area contributed by atoms with Crippen LogP contribution in [0.3, 0.4) is 0 Å². The summed E-state index contributed by atoms with van der Waals surface area (Å²) < 4.78 is 65.2. The van der Waals surface area contributed by atoms with Crippen molar-refractivity contribution in [2.45, 2.75) is 182 Å². The standard InChI is InChI=1S/2C19H24N2O4.C17H21BrN2O4.C16H14O2.C14H17NO2.C13H16N2O2.C2H3.BF3.K.5H2S/c2*1-6-12-8-7-9-14-13(11-20-16(12)14)10-15(17(22)24-5)21-18(23)25-19(2,3)4;1-17(2,3)24-16(22)20-13(15(21)23-4)8-10-9-19-14-11(10)6-5-7-12(14)18;1-11(17)18-10-16-14-8-4-2-6-12(14)13-7-3-5-9-15(13)16;1-3-10-5-4-6-12-11(8-15-13(10)12)7-9(2)14(16)17;1-2-8-4-3-5-10-9(7-15-12(8)10)6-11(14)13(16)17;1-2;2-1(3)4;;;;;;/h2*6-9,11,15,20H,1,10H2,2-5H3,(H,21,23);5-7,9,13,19H,8H2,1-4H3,(H,20,22);2-9,16H,10H2,1H3;4-6,8-9,15H,3,7H2,1-2H3,(H,16,17);3-5,7,11,15H,2,6,14H2,1H3,(H,16,17);1H,2H2;;;5*1H2/q;;;;;;-1;;+1;;;;;/t2*15-;13-;;9-;11-;;;;;;;;/m000.00......../s1. The van der Waals surface area contributed by atoms with Crippen LogP contribution in [0, 0.1) is 12.5 Å². The smallest absolute Gasteiger partial charge is 0.521 e. The molecule has 27 nitrogen and oxygen atoms in total. The number of aromatic amines is 5. The molecule has 13 rings (SSSR count). The van der Waals surface area contributed by atoms with Crippen LogP contribution in [0.4, 0.5) is 27.3 Å². The first-order chi connectivity index (χ1) is 62.5. The third kappa shape index (κ3) is 38.8. The van der Waals surface area contributed by atoms with Gasteiger partial charge in [0.25, 0.3) is 0 Å². The van der Waals surface area contributed by atoms with Crippen molar-refractivity contribution in [2.24, 2.45) is 11.7 Å². The van der Waals surface area contributed by atoms with Gasteiger partial charge in [-0.25, -0.2) is 28.8 Å². The zero-order valence-electron chi connectivity index (χ0n) is 80.7. The molecule has 0 saturated carbocycles. The molecule has 5 atom stereocenters. The number of carbonyl (C=O) groups is 9. The third-order valence-electron chi connectivity index (χ3n) is 20.3. The Bertz CT molecular complexity index is 5690. The number of esters is 4. The predicted octanol–water partition coefficient (Wildman–Crippen LogP) is 17.5. The Morgan fingerprint density at radius 1 is 0.457 bits per heavy atom. The van der Waals surface area contributed by atoms with Gasteiger partial charge in [0.05, 0.1) is 43.8 Å². The number of nitrogens with two attached hydrogens (primary N) is 1. The Morgan fingerprint density at radius 2 is 0.746 bits per heavy atom. The van der Waals surface area contributed by atoms with Crippen molar-refractivity contribution >= 4 is 212 Å². The van der Waals surface area contributed by atoms with E-state index in [9.17, 15) is 56.1 Å². The van der Waals surface area contributed by atoms with Crippen molar-refractivity contribution < 1.29 is 151 Å². The Kier molecular flexibility index (Phi) is 56.8. The normalized spacial score (nSPS) is 11.8. The summed E-state index contributed by atoms with van der Waals surface area (Å²) in [5.41, 5.74) is 22.9. The number of hydrogen-bond acceptors (Lipinski definition) is 17. The Hall–Kier alpha value is -10.2. The van der Waals surface area contributed by atoms with E-state index < -0.39 is 96.6 Å². The molecule has 1 aliphatic carbocycles. The molecule has 3 amide bonds.